The fourth-order valence-corrected chi connectivity index (χ4v) is 2.53. The Balaban J connectivity index is 1.72. The highest BCUT2D eigenvalue weighted by Crippen LogP contribution is 2.21. The Morgan fingerprint density at radius 2 is 1.54 bits per heavy atom. The fraction of sp³-hybridized carbons (Fsp3) is 0. The molecule has 0 spiro atoms. The van der Waals surface area contributed by atoms with E-state index in [1.54, 1.807) is 12.1 Å². The standard InChI is InChI=1S/C19H13N3O6/c23-15(8-9-16(24)25)20-12-5-3-4-11(10-12)17(26)21-22-18(27)13-6-1-2-7-14(13)19(22)28/h1-10H,(H,20,23)(H,21,26)(H,24,25)/b9-8+. The van der Waals surface area contributed by atoms with E-state index in [1.807, 2.05) is 0 Å². The number of imide groups is 1. The maximum absolute atomic E-state index is 12.4. The highest BCUT2D eigenvalue weighted by molar-refractivity contribution is 6.22. The molecular formula is C19H13N3O6. The molecule has 140 valence electrons. The third-order valence-corrected chi connectivity index (χ3v) is 3.78. The Morgan fingerprint density at radius 1 is 0.893 bits per heavy atom. The quantitative estimate of drug-likeness (QED) is 0.528. The molecule has 9 heteroatoms. The van der Waals surface area contributed by atoms with Gasteiger partial charge in [0.2, 0.25) is 5.91 Å². The molecule has 4 amide bonds. The lowest BCUT2D eigenvalue weighted by Crippen LogP contribution is -2.45. The van der Waals surface area contributed by atoms with Crippen LogP contribution in [0.1, 0.15) is 31.1 Å². The van der Waals surface area contributed by atoms with Gasteiger partial charge in [-0.3, -0.25) is 24.6 Å². The number of amides is 4. The van der Waals surface area contributed by atoms with Crippen molar-refractivity contribution < 1.29 is 29.1 Å². The van der Waals surface area contributed by atoms with Crippen LogP contribution in [0.4, 0.5) is 5.69 Å². The van der Waals surface area contributed by atoms with E-state index in [-0.39, 0.29) is 22.4 Å². The van der Waals surface area contributed by atoms with Crippen molar-refractivity contribution >= 4 is 35.3 Å². The number of hydrogen-bond acceptors (Lipinski definition) is 5. The highest BCUT2D eigenvalue weighted by atomic mass is 16.4. The summed E-state index contributed by atoms with van der Waals surface area (Å²) in [6.45, 7) is 0. The molecule has 1 heterocycles. The number of carbonyl (C=O) groups excluding carboxylic acids is 4. The second-order valence-corrected chi connectivity index (χ2v) is 5.67. The van der Waals surface area contributed by atoms with Gasteiger partial charge in [-0.25, -0.2) is 4.79 Å². The van der Waals surface area contributed by atoms with E-state index in [0.29, 0.717) is 11.1 Å². The van der Waals surface area contributed by atoms with Gasteiger partial charge in [-0.05, 0) is 30.3 Å². The Hall–Kier alpha value is -4.27. The first-order valence-corrected chi connectivity index (χ1v) is 7.97. The largest absolute Gasteiger partial charge is 0.478 e. The molecule has 28 heavy (non-hydrogen) atoms. The van der Waals surface area contributed by atoms with E-state index in [9.17, 15) is 24.0 Å². The minimum Gasteiger partial charge on any atom is -0.478 e. The summed E-state index contributed by atoms with van der Waals surface area (Å²) in [7, 11) is 0. The molecule has 2 aromatic carbocycles. The number of benzene rings is 2. The smallest absolute Gasteiger partial charge is 0.328 e. The van der Waals surface area contributed by atoms with E-state index >= 15 is 0 Å². The molecule has 3 N–H and O–H groups in total. The Kier molecular flexibility index (Phi) is 4.99. The van der Waals surface area contributed by atoms with E-state index in [4.69, 9.17) is 5.11 Å². The van der Waals surface area contributed by atoms with Crippen LogP contribution in [0, 0.1) is 0 Å². The summed E-state index contributed by atoms with van der Waals surface area (Å²) in [6.07, 6.45) is 1.50. The molecule has 0 fully saturated rings. The van der Waals surface area contributed by atoms with Gasteiger partial charge in [0.1, 0.15) is 0 Å². The number of aliphatic carboxylic acids is 1. The van der Waals surface area contributed by atoms with Crippen LogP contribution < -0.4 is 10.7 Å². The molecule has 0 bridgehead atoms. The molecule has 0 saturated heterocycles. The summed E-state index contributed by atoms with van der Waals surface area (Å²) < 4.78 is 0. The third-order valence-electron chi connectivity index (χ3n) is 3.78. The van der Waals surface area contributed by atoms with E-state index in [0.717, 1.165) is 6.08 Å². The van der Waals surface area contributed by atoms with Crippen LogP contribution in [-0.4, -0.2) is 39.7 Å². The van der Waals surface area contributed by atoms with Crippen molar-refractivity contribution in [2.24, 2.45) is 0 Å². The van der Waals surface area contributed by atoms with Gasteiger partial charge in [0, 0.05) is 23.4 Å². The van der Waals surface area contributed by atoms with Crippen LogP contribution in [-0.2, 0) is 9.59 Å². The molecule has 0 aromatic heterocycles. The number of hydrogen-bond donors (Lipinski definition) is 3. The van der Waals surface area contributed by atoms with E-state index in [2.05, 4.69) is 10.7 Å². The molecule has 9 nitrogen and oxygen atoms in total. The number of nitrogens with zero attached hydrogens (tertiary/aromatic N) is 1. The molecular weight excluding hydrogens is 366 g/mol. The predicted octanol–water partition coefficient (Wildman–Crippen LogP) is 1.21. The topological polar surface area (TPSA) is 133 Å². The Bertz CT molecular complexity index is 1010. The lowest BCUT2D eigenvalue weighted by Gasteiger charge is -2.15. The van der Waals surface area contributed by atoms with Gasteiger partial charge in [0.05, 0.1) is 11.1 Å². The Labute approximate surface area is 158 Å². The summed E-state index contributed by atoms with van der Waals surface area (Å²) >= 11 is 0. The van der Waals surface area contributed by atoms with Gasteiger partial charge in [-0.2, -0.15) is 5.01 Å². The molecule has 1 aliphatic rings. The summed E-state index contributed by atoms with van der Waals surface area (Å²) in [5.41, 5.74) is 2.95. The van der Waals surface area contributed by atoms with Crippen molar-refractivity contribution in [2.45, 2.75) is 0 Å². The third kappa shape index (κ3) is 3.78. The number of rotatable bonds is 5. The molecule has 0 unspecified atom stereocenters. The zero-order valence-electron chi connectivity index (χ0n) is 14.2. The number of fused-ring (bicyclic) bond motifs is 1. The van der Waals surface area contributed by atoms with E-state index < -0.39 is 29.6 Å². The van der Waals surface area contributed by atoms with Gasteiger partial charge >= 0.3 is 5.97 Å². The molecule has 0 atom stereocenters. The minimum absolute atomic E-state index is 0.0802. The molecule has 1 aliphatic heterocycles. The average molecular weight is 379 g/mol. The average Bonchev–Trinajstić information content (AvgIpc) is 2.92. The highest BCUT2D eigenvalue weighted by Gasteiger charge is 2.36. The second kappa shape index (κ2) is 7.54. The lowest BCUT2D eigenvalue weighted by molar-refractivity contribution is -0.131. The van der Waals surface area contributed by atoms with Crippen molar-refractivity contribution in [1.82, 2.24) is 10.4 Å². The van der Waals surface area contributed by atoms with Crippen LogP contribution in [0.2, 0.25) is 0 Å². The fourth-order valence-electron chi connectivity index (χ4n) is 2.53. The van der Waals surface area contributed by atoms with E-state index in [1.165, 1.54) is 36.4 Å². The van der Waals surface area contributed by atoms with Crippen molar-refractivity contribution in [3.8, 4) is 0 Å². The Morgan fingerprint density at radius 3 is 2.14 bits per heavy atom. The normalized spacial score (nSPS) is 12.8. The van der Waals surface area contributed by atoms with Crippen molar-refractivity contribution in [3.05, 3.63) is 77.4 Å². The summed E-state index contributed by atoms with van der Waals surface area (Å²) in [5, 5.41) is 11.5. The van der Waals surface area contributed by atoms with Gasteiger partial charge in [0.15, 0.2) is 0 Å². The maximum atomic E-state index is 12.4. The van der Waals surface area contributed by atoms with Crippen molar-refractivity contribution in [3.63, 3.8) is 0 Å². The summed E-state index contributed by atoms with van der Waals surface area (Å²) in [6, 6.07) is 11.9. The monoisotopic (exact) mass is 379 g/mol. The number of carboxylic acid groups (broad SMARTS) is 1. The molecule has 3 rings (SSSR count). The van der Waals surface area contributed by atoms with Crippen LogP contribution in [0.5, 0.6) is 0 Å². The first-order chi connectivity index (χ1) is 13.4. The minimum atomic E-state index is -1.27. The van der Waals surface area contributed by atoms with Crippen LogP contribution in [0.15, 0.2) is 60.7 Å². The number of anilines is 1. The summed E-state index contributed by atoms with van der Waals surface area (Å²) in [5.74, 6) is -3.98. The van der Waals surface area contributed by atoms with Crippen molar-refractivity contribution in [2.75, 3.05) is 5.32 Å². The molecule has 0 aliphatic carbocycles. The van der Waals surface area contributed by atoms with Gasteiger partial charge in [0.25, 0.3) is 17.7 Å². The van der Waals surface area contributed by atoms with Crippen LogP contribution >= 0.6 is 0 Å². The number of carbonyl (C=O) groups is 5. The number of nitrogens with one attached hydrogen (secondary N) is 2. The maximum Gasteiger partial charge on any atom is 0.328 e. The first kappa shape index (κ1) is 18.5. The number of hydrazine groups is 1. The predicted molar refractivity (Wildman–Crippen MR) is 96.3 cm³/mol. The lowest BCUT2D eigenvalue weighted by atomic mass is 10.1. The molecule has 0 saturated carbocycles. The number of carboxylic acids is 1. The zero-order valence-corrected chi connectivity index (χ0v) is 14.2. The second-order valence-electron chi connectivity index (χ2n) is 5.67. The zero-order chi connectivity index (χ0) is 20.3. The van der Waals surface area contributed by atoms with Crippen LogP contribution in [0.25, 0.3) is 0 Å². The van der Waals surface area contributed by atoms with Gasteiger partial charge in [-0.1, -0.05) is 18.2 Å². The van der Waals surface area contributed by atoms with Crippen molar-refractivity contribution in [1.29, 1.82) is 0 Å². The van der Waals surface area contributed by atoms with Gasteiger partial charge in [-0.15, -0.1) is 0 Å². The first-order valence-electron chi connectivity index (χ1n) is 7.97. The molecule has 2 aromatic rings. The summed E-state index contributed by atoms with van der Waals surface area (Å²) in [4.78, 5) is 59.1. The van der Waals surface area contributed by atoms with Gasteiger partial charge < -0.3 is 10.4 Å². The van der Waals surface area contributed by atoms with Crippen LogP contribution in [0.3, 0.4) is 0 Å². The molecule has 0 radical (unpaired) electrons. The SMILES string of the molecule is O=C(O)/C=C/C(=O)Nc1cccc(C(=O)NN2C(=O)c3ccccc3C2=O)c1.